The smallest absolute Gasteiger partial charge is 0.326 e. The molecule has 2 rings (SSSR count). The lowest BCUT2D eigenvalue weighted by atomic mass is 10.0. The summed E-state index contributed by atoms with van der Waals surface area (Å²) in [5.74, 6) is 1.02. The lowest BCUT2D eigenvalue weighted by molar-refractivity contribution is -0.146. The fourth-order valence-electron chi connectivity index (χ4n) is 2.10. The van der Waals surface area contributed by atoms with E-state index in [1.165, 1.54) is 5.56 Å². The third-order valence-electron chi connectivity index (χ3n) is 3.53. The number of carbonyl (C=O) groups excluding carboxylic acids is 1. The van der Waals surface area contributed by atoms with Crippen molar-refractivity contribution in [2.24, 2.45) is 0 Å². The van der Waals surface area contributed by atoms with E-state index in [-0.39, 0.29) is 12.0 Å². The quantitative estimate of drug-likeness (QED) is 0.748. The van der Waals surface area contributed by atoms with Crippen molar-refractivity contribution in [1.82, 2.24) is 5.32 Å². The van der Waals surface area contributed by atoms with E-state index in [9.17, 15) is 4.79 Å². The van der Waals surface area contributed by atoms with E-state index in [1.54, 1.807) is 0 Å². The van der Waals surface area contributed by atoms with Crippen LogP contribution in [0.2, 0.25) is 0 Å². The second kappa shape index (κ2) is 7.46. The zero-order chi connectivity index (χ0) is 15.2. The van der Waals surface area contributed by atoms with Crippen LogP contribution in [-0.2, 0) is 9.53 Å². The molecule has 0 heterocycles. The Morgan fingerprint density at radius 3 is 2.76 bits per heavy atom. The molecule has 4 heteroatoms. The van der Waals surface area contributed by atoms with Crippen LogP contribution in [0, 0.1) is 0 Å². The van der Waals surface area contributed by atoms with Crippen LogP contribution in [0.25, 0.3) is 0 Å². The van der Waals surface area contributed by atoms with Gasteiger partial charge in [-0.3, -0.25) is 10.1 Å². The second-order valence-corrected chi connectivity index (χ2v) is 5.78. The highest BCUT2D eigenvalue weighted by Gasteiger charge is 2.29. The minimum Gasteiger partial charge on any atom is -0.491 e. The topological polar surface area (TPSA) is 47.6 Å². The summed E-state index contributed by atoms with van der Waals surface area (Å²) in [6.07, 6.45) is 2.25. The molecule has 0 aliphatic heterocycles. The van der Waals surface area contributed by atoms with E-state index in [2.05, 4.69) is 25.2 Å². The summed E-state index contributed by atoms with van der Waals surface area (Å²) < 4.78 is 10.9. The molecule has 116 valence electrons. The molecule has 1 aliphatic rings. The molecule has 0 bridgehead atoms. The number of hydrogen-bond acceptors (Lipinski definition) is 4. The van der Waals surface area contributed by atoms with Crippen molar-refractivity contribution in [2.75, 3.05) is 13.2 Å². The third kappa shape index (κ3) is 5.05. The first-order valence-corrected chi connectivity index (χ1v) is 7.75. The van der Waals surface area contributed by atoms with Gasteiger partial charge in [0.2, 0.25) is 0 Å². The van der Waals surface area contributed by atoms with Gasteiger partial charge in [-0.2, -0.15) is 0 Å². The number of esters is 1. The first-order chi connectivity index (χ1) is 10.1. The van der Waals surface area contributed by atoms with Crippen molar-refractivity contribution in [3.05, 3.63) is 29.8 Å². The normalized spacial score (nSPS) is 15.8. The van der Waals surface area contributed by atoms with Crippen LogP contribution in [0.15, 0.2) is 24.3 Å². The van der Waals surface area contributed by atoms with Crippen LogP contribution >= 0.6 is 0 Å². The summed E-state index contributed by atoms with van der Waals surface area (Å²) in [6, 6.07) is 8.07. The van der Waals surface area contributed by atoms with E-state index >= 15 is 0 Å². The second-order valence-electron chi connectivity index (χ2n) is 5.78. The highest BCUT2D eigenvalue weighted by molar-refractivity contribution is 5.76. The SMILES string of the molecule is CCOC(=O)C(COc1cccc(C(C)C)c1)NC1CC1. The Hall–Kier alpha value is -1.55. The average Bonchev–Trinajstić information content (AvgIpc) is 3.28. The molecule has 1 aromatic rings. The lowest BCUT2D eigenvalue weighted by Crippen LogP contribution is -2.43. The molecule has 0 amide bonds. The van der Waals surface area contributed by atoms with Crippen LogP contribution in [-0.4, -0.2) is 31.3 Å². The average molecular weight is 291 g/mol. The standard InChI is InChI=1S/C17H25NO3/c1-4-20-17(19)16(18-14-8-9-14)11-21-15-7-5-6-13(10-15)12(2)3/h5-7,10,12,14,16,18H,4,8-9,11H2,1-3H3. The van der Waals surface area contributed by atoms with Crippen molar-refractivity contribution >= 4 is 5.97 Å². The fraction of sp³-hybridized carbons (Fsp3) is 0.588. The van der Waals surface area contributed by atoms with Crippen LogP contribution in [0.5, 0.6) is 5.75 Å². The fourth-order valence-corrected chi connectivity index (χ4v) is 2.10. The molecule has 1 N–H and O–H groups in total. The van der Waals surface area contributed by atoms with Crippen molar-refractivity contribution in [3.63, 3.8) is 0 Å². The number of hydrogen-bond donors (Lipinski definition) is 1. The minimum atomic E-state index is -0.389. The summed E-state index contributed by atoms with van der Waals surface area (Å²) in [5, 5.41) is 3.28. The number of nitrogens with one attached hydrogen (secondary N) is 1. The van der Waals surface area contributed by atoms with Gasteiger partial charge in [0.15, 0.2) is 0 Å². The van der Waals surface area contributed by atoms with Crippen LogP contribution in [0.1, 0.15) is 45.1 Å². The van der Waals surface area contributed by atoms with Gasteiger partial charge in [-0.05, 0) is 43.4 Å². The molecule has 21 heavy (non-hydrogen) atoms. The minimum absolute atomic E-state index is 0.232. The molecular formula is C17H25NO3. The molecule has 0 spiro atoms. The number of ether oxygens (including phenoxy) is 2. The Kier molecular flexibility index (Phi) is 5.62. The van der Waals surface area contributed by atoms with E-state index in [4.69, 9.17) is 9.47 Å². The molecule has 0 aromatic heterocycles. The van der Waals surface area contributed by atoms with Gasteiger partial charge in [-0.1, -0.05) is 26.0 Å². The molecule has 0 saturated heterocycles. The maximum atomic E-state index is 11.9. The highest BCUT2D eigenvalue weighted by Crippen LogP contribution is 2.22. The predicted molar refractivity (Wildman–Crippen MR) is 82.6 cm³/mol. The van der Waals surface area contributed by atoms with Gasteiger partial charge in [-0.15, -0.1) is 0 Å². The summed E-state index contributed by atoms with van der Waals surface area (Å²) in [6.45, 7) is 6.81. The molecule has 1 aliphatic carbocycles. The van der Waals surface area contributed by atoms with E-state index in [0.29, 0.717) is 25.2 Å². The number of carbonyl (C=O) groups is 1. The molecule has 1 fully saturated rings. The van der Waals surface area contributed by atoms with Gasteiger partial charge in [0.25, 0.3) is 0 Å². The van der Waals surface area contributed by atoms with Crippen molar-refractivity contribution in [2.45, 2.75) is 51.6 Å². The predicted octanol–water partition coefficient (Wildman–Crippen LogP) is 2.87. The molecule has 1 atom stereocenters. The Bertz CT molecular complexity index is 469. The van der Waals surface area contributed by atoms with Gasteiger partial charge >= 0.3 is 5.97 Å². The van der Waals surface area contributed by atoms with Gasteiger partial charge in [0.05, 0.1) is 6.61 Å². The lowest BCUT2D eigenvalue weighted by Gasteiger charge is -2.18. The van der Waals surface area contributed by atoms with Gasteiger partial charge in [0, 0.05) is 6.04 Å². The van der Waals surface area contributed by atoms with Gasteiger partial charge < -0.3 is 9.47 Å². The molecule has 4 nitrogen and oxygen atoms in total. The Morgan fingerprint density at radius 2 is 2.14 bits per heavy atom. The van der Waals surface area contributed by atoms with Gasteiger partial charge in [0.1, 0.15) is 18.4 Å². The largest absolute Gasteiger partial charge is 0.491 e. The Morgan fingerprint density at radius 1 is 1.38 bits per heavy atom. The molecule has 1 saturated carbocycles. The van der Waals surface area contributed by atoms with Gasteiger partial charge in [-0.25, -0.2) is 0 Å². The zero-order valence-corrected chi connectivity index (χ0v) is 13.1. The first kappa shape index (κ1) is 15.8. The molecule has 1 aromatic carbocycles. The Labute approximate surface area is 126 Å². The van der Waals surface area contributed by atoms with Crippen LogP contribution in [0.4, 0.5) is 0 Å². The zero-order valence-electron chi connectivity index (χ0n) is 13.1. The summed E-state index contributed by atoms with van der Waals surface area (Å²) >= 11 is 0. The van der Waals surface area contributed by atoms with E-state index in [0.717, 1.165) is 18.6 Å². The number of benzene rings is 1. The van der Waals surface area contributed by atoms with E-state index < -0.39 is 0 Å². The first-order valence-electron chi connectivity index (χ1n) is 7.75. The van der Waals surface area contributed by atoms with Crippen LogP contribution < -0.4 is 10.1 Å². The van der Waals surface area contributed by atoms with Crippen LogP contribution in [0.3, 0.4) is 0 Å². The van der Waals surface area contributed by atoms with Crippen molar-refractivity contribution < 1.29 is 14.3 Å². The monoisotopic (exact) mass is 291 g/mol. The molecule has 0 radical (unpaired) electrons. The van der Waals surface area contributed by atoms with E-state index in [1.807, 2.05) is 25.1 Å². The molecule has 1 unspecified atom stereocenters. The molecular weight excluding hydrogens is 266 g/mol. The summed E-state index contributed by atoms with van der Waals surface area (Å²) in [5.41, 5.74) is 1.23. The maximum Gasteiger partial charge on any atom is 0.326 e. The number of rotatable bonds is 8. The van der Waals surface area contributed by atoms with Crippen molar-refractivity contribution in [3.8, 4) is 5.75 Å². The summed E-state index contributed by atoms with van der Waals surface area (Å²) in [4.78, 5) is 11.9. The Balaban J connectivity index is 1.93. The summed E-state index contributed by atoms with van der Waals surface area (Å²) in [7, 11) is 0. The maximum absolute atomic E-state index is 11.9. The highest BCUT2D eigenvalue weighted by atomic mass is 16.5. The third-order valence-corrected chi connectivity index (χ3v) is 3.53. The van der Waals surface area contributed by atoms with Crippen molar-refractivity contribution in [1.29, 1.82) is 0 Å².